The summed E-state index contributed by atoms with van der Waals surface area (Å²) >= 11 is 7.22. The third-order valence-electron chi connectivity index (χ3n) is 4.95. The fraction of sp³-hybridized carbons (Fsp3) is 0.217. The van der Waals surface area contributed by atoms with Gasteiger partial charge in [-0.15, -0.1) is 0 Å². The van der Waals surface area contributed by atoms with E-state index in [0.717, 1.165) is 22.4 Å². The number of carbonyl (C=O) groups is 1. The predicted molar refractivity (Wildman–Crippen MR) is 133 cm³/mol. The molecule has 4 N–H and O–H groups in total. The van der Waals surface area contributed by atoms with Gasteiger partial charge in [0.05, 0.1) is 39.9 Å². The van der Waals surface area contributed by atoms with E-state index in [0.29, 0.717) is 34.2 Å². The van der Waals surface area contributed by atoms with Crippen molar-refractivity contribution in [3.05, 3.63) is 71.3 Å². The van der Waals surface area contributed by atoms with Gasteiger partial charge in [0.2, 0.25) is 0 Å². The molecular weight excluding hydrogens is 458 g/mol. The Morgan fingerprint density at radius 2 is 1.97 bits per heavy atom. The Morgan fingerprint density at radius 1 is 1.18 bits per heavy atom. The zero-order chi connectivity index (χ0) is 23.4. The molecule has 4 rings (SSSR count). The number of pyridine rings is 1. The van der Waals surface area contributed by atoms with Crippen molar-refractivity contribution in [3.8, 4) is 11.3 Å². The molecule has 0 aliphatic carbocycles. The van der Waals surface area contributed by atoms with Crippen LogP contribution in [-0.4, -0.2) is 38.1 Å². The van der Waals surface area contributed by atoms with E-state index in [1.807, 2.05) is 44.2 Å². The Labute approximate surface area is 201 Å². The highest BCUT2D eigenvalue weighted by atomic mass is 35.5. The van der Waals surface area contributed by atoms with Crippen LogP contribution < -0.4 is 15.8 Å². The minimum atomic E-state index is -0.184. The molecule has 1 amide bonds. The summed E-state index contributed by atoms with van der Waals surface area (Å²) in [5.41, 5.74) is 4.36. The number of hydrogen-bond donors (Lipinski definition) is 3. The first-order valence-corrected chi connectivity index (χ1v) is 11.7. The van der Waals surface area contributed by atoms with Gasteiger partial charge < -0.3 is 10.6 Å². The maximum Gasteiger partial charge on any atom is 0.254 e. The van der Waals surface area contributed by atoms with Crippen LogP contribution in [0.15, 0.2) is 60.0 Å². The molecule has 0 saturated heterocycles. The molecule has 0 radical (unpaired) electrons. The van der Waals surface area contributed by atoms with E-state index < -0.39 is 0 Å². The lowest BCUT2D eigenvalue weighted by Crippen LogP contribution is -2.27. The molecule has 8 nitrogen and oxygen atoms in total. The summed E-state index contributed by atoms with van der Waals surface area (Å²) < 4.78 is 1.61. The van der Waals surface area contributed by atoms with Crippen molar-refractivity contribution >= 4 is 40.8 Å². The minimum absolute atomic E-state index is 0.131. The van der Waals surface area contributed by atoms with E-state index in [2.05, 4.69) is 25.7 Å². The zero-order valence-corrected chi connectivity index (χ0v) is 19.8. The lowest BCUT2D eigenvalue weighted by atomic mass is 10.1. The van der Waals surface area contributed by atoms with Crippen molar-refractivity contribution < 1.29 is 4.79 Å². The maximum atomic E-state index is 12.9. The van der Waals surface area contributed by atoms with Crippen LogP contribution in [-0.2, 0) is 6.42 Å². The number of nitrogens with one attached hydrogen (secondary N) is 2. The van der Waals surface area contributed by atoms with Crippen LogP contribution in [0.4, 0.5) is 5.69 Å². The number of benzene rings is 1. The highest BCUT2D eigenvalue weighted by Crippen LogP contribution is 2.27. The van der Waals surface area contributed by atoms with Gasteiger partial charge in [-0.2, -0.15) is 5.10 Å². The first kappa shape index (κ1) is 23.0. The second-order valence-corrected chi connectivity index (χ2v) is 8.92. The lowest BCUT2D eigenvalue weighted by Gasteiger charge is -2.15. The van der Waals surface area contributed by atoms with Gasteiger partial charge >= 0.3 is 0 Å². The van der Waals surface area contributed by atoms with Crippen molar-refractivity contribution in [1.82, 2.24) is 24.9 Å². The molecule has 4 aromatic rings. The molecule has 33 heavy (non-hydrogen) atoms. The third kappa shape index (κ3) is 5.44. The molecule has 0 bridgehead atoms. The number of rotatable bonds is 8. The van der Waals surface area contributed by atoms with Crippen molar-refractivity contribution in [1.29, 1.82) is 0 Å². The first-order valence-electron chi connectivity index (χ1n) is 10.4. The fourth-order valence-electron chi connectivity index (χ4n) is 3.40. The predicted octanol–water partition coefficient (Wildman–Crippen LogP) is 4.20. The number of carbonyl (C=O) groups excluding carboxylic acids is 1. The van der Waals surface area contributed by atoms with Crippen molar-refractivity contribution in [2.45, 2.75) is 31.2 Å². The molecule has 0 saturated carbocycles. The topological polar surface area (TPSA) is 110 Å². The zero-order valence-electron chi connectivity index (χ0n) is 18.2. The van der Waals surface area contributed by atoms with Crippen molar-refractivity contribution in [3.63, 3.8) is 0 Å². The van der Waals surface area contributed by atoms with Gasteiger partial charge in [0.15, 0.2) is 5.65 Å². The summed E-state index contributed by atoms with van der Waals surface area (Å²) in [7, 11) is 0. The van der Waals surface area contributed by atoms with Gasteiger partial charge in [-0.05, 0) is 56.0 Å². The maximum absolute atomic E-state index is 12.9. The number of hydrogen-bond acceptors (Lipinski definition) is 7. The molecule has 3 aromatic heterocycles. The number of fused-ring (bicyclic) bond motifs is 1. The molecule has 0 fully saturated rings. The summed E-state index contributed by atoms with van der Waals surface area (Å²) in [5, 5.41) is 16.7. The van der Waals surface area contributed by atoms with Crippen LogP contribution in [0.5, 0.6) is 0 Å². The average Bonchev–Trinajstić information content (AvgIpc) is 3.22. The van der Waals surface area contributed by atoms with Crippen LogP contribution >= 0.6 is 23.5 Å². The minimum Gasteiger partial charge on any atom is -0.382 e. The van der Waals surface area contributed by atoms with Gasteiger partial charge in [0.1, 0.15) is 0 Å². The molecule has 0 aliphatic rings. The van der Waals surface area contributed by atoms with Gasteiger partial charge in [-0.25, -0.2) is 9.50 Å². The van der Waals surface area contributed by atoms with Crippen LogP contribution in [0.25, 0.3) is 16.9 Å². The van der Waals surface area contributed by atoms with Crippen molar-refractivity contribution in [2.24, 2.45) is 5.14 Å². The Kier molecular flexibility index (Phi) is 7.12. The summed E-state index contributed by atoms with van der Waals surface area (Å²) in [6.07, 6.45) is 7.25. The monoisotopic (exact) mass is 481 g/mol. The van der Waals surface area contributed by atoms with Gasteiger partial charge in [-0.3, -0.25) is 14.9 Å². The number of halogens is 1. The second kappa shape index (κ2) is 10.2. The standard InChI is InChI=1S/C23H24ClN7OS/c1-14(2)30-21-9-20(18-12-29-31-13-16(24)10-28-22(18)31)27-11-19(21)23(32)26-8-7-15-3-5-17(33-25)6-4-15/h3-6,9-14H,7-8,25H2,1-2H3,(H,26,32)(H,27,30). The van der Waals surface area contributed by atoms with E-state index >= 15 is 0 Å². The van der Waals surface area contributed by atoms with E-state index in [-0.39, 0.29) is 11.9 Å². The molecule has 0 spiro atoms. The quantitative estimate of drug-likeness (QED) is 0.323. The molecule has 1 aromatic carbocycles. The Hall–Kier alpha value is -3.14. The van der Waals surface area contributed by atoms with Crippen molar-refractivity contribution in [2.75, 3.05) is 11.9 Å². The van der Waals surface area contributed by atoms with E-state index in [9.17, 15) is 4.79 Å². The molecule has 0 atom stereocenters. The van der Waals surface area contributed by atoms with Crippen LogP contribution in [0.3, 0.4) is 0 Å². The lowest BCUT2D eigenvalue weighted by molar-refractivity contribution is 0.0954. The summed E-state index contributed by atoms with van der Waals surface area (Å²) in [4.78, 5) is 22.8. The number of amides is 1. The summed E-state index contributed by atoms with van der Waals surface area (Å²) in [6.45, 7) is 4.55. The summed E-state index contributed by atoms with van der Waals surface area (Å²) in [5.74, 6) is -0.184. The second-order valence-electron chi connectivity index (χ2n) is 7.78. The SMILES string of the molecule is CC(C)Nc1cc(-c2cnn3cc(Cl)cnc23)ncc1C(=O)NCCc1ccc(SN)cc1. The Morgan fingerprint density at radius 3 is 2.70 bits per heavy atom. The summed E-state index contributed by atoms with van der Waals surface area (Å²) in [6, 6.07) is 9.95. The highest BCUT2D eigenvalue weighted by Gasteiger charge is 2.17. The average molecular weight is 482 g/mol. The molecule has 0 unspecified atom stereocenters. The van der Waals surface area contributed by atoms with Gasteiger partial charge in [0.25, 0.3) is 5.91 Å². The molecule has 0 aliphatic heterocycles. The van der Waals surface area contributed by atoms with E-state index in [1.54, 1.807) is 29.3 Å². The number of nitrogens with two attached hydrogens (primary N) is 1. The Bertz CT molecular complexity index is 1270. The van der Waals surface area contributed by atoms with E-state index in [4.69, 9.17) is 16.7 Å². The normalized spacial score (nSPS) is 11.2. The largest absolute Gasteiger partial charge is 0.382 e. The number of anilines is 1. The van der Waals surface area contributed by atoms with Gasteiger partial charge in [0, 0.05) is 29.9 Å². The Balaban J connectivity index is 1.53. The van der Waals surface area contributed by atoms with Crippen LogP contribution in [0, 0.1) is 0 Å². The number of nitrogens with zero attached hydrogens (tertiary/aromatic N) is 4. The smallest absolute Gasteiger partial charge is 0.254 e. The van der Waals surface area contributed by atoms with Crippen LogP contribution in [0.2, 0.25) is 5.02 Å². The third-order valence-corrected chi connectivity index (χ3v) is 5.69. The molecule has 3 heterocycles. The molecular formula is C23H24ClN7OS. The van der Waals surface area contributed by atoms with E-state index in [1.165, 1.54) is 11.9 Å². The molecule has 10 heteroatoms. The molecule has 170 valence electrons. The number of aromatic nitrogens is 4. The van der Waals surface area contributed by atoms with Gasteiger partial charge in [-0.1, -0.05) is 23.7 Å². The fourth-order valence-corrected chi connectivity index (χ4v) is 3.83. The highest BCUT2D eigenvalue weighted by molar-refractivity contribution is 7.97. The first-order chi connectivity index (χ1) is 15.9. The van der Waals surface area contributed by atoms with Crippen LogP contribution in [0.1, 0.15) is 29.8 Å².